The Morgan fingerprint density at radius 3 is 2.30 bits per heavy atom. The highest BCUT2D eigenvalue weighted by Gasteiger charge is 2.36. The highest BCUT2D eigenvalue weighted by Crippen LogP contribution is 2.26. The van der Waals surface area contributed by atoms with Crippen LogP contribution in [0.15, 0.2) is 18.2 Å². The van der Waals surface area contributed by atoms with Gasteiger partial charge in [0.1, 0.15) is 24.2 Å². The van der Waals surface area contributed by atoms with Gasteiger partial charge in [0.25, 0.3) is 0 Å². The van der Waals surface area contributed by atoms with Crippen molar-refractivity contribution >= 4 is 36.5 Å². The van der Waals surface area contributed by atoms with Crippen LogP contribution in [-0.2, 0) is 23.9 Å². The number of carbonyl (C=O) groups is 4. The third-order valence-corrected chi connectivity index (χ3v) is 5.08. The molecule has 0 aromatic heterocycles. The third kappa shape index (κ3) is 8.60. The molecule has 9 nitrogen and oxygen atoms in total. The molecule has 0 aliphatic carbocycles. The van der Waals surface area contributed by atoms with E-state index in [1.54, 1.807) is 27.7 Å². The van der Waals surface area contributed by atoms with Crippen LogP contribution in [0.3, 0.4) is 0 Å². The lowest BCUT2D eigenvalue weighted by atomic mass is 9.96. The van der Waals surface area contributed by atoms with Gasteiger partial charge in [0.15, 0.2) is 0 Å². The number of thiol groups is 1. The number of likely N-dealkylation sites (N-methyl/N-ethyl adjacent to an activating group) is 1. The zero-order valence-corrected chi connectivity index (χ0v) is 21.2. The minimum Gasteiger partial charge on any atom is -0.468 e. The first-order chi connectivity index (χ1) is 15.3. The van der Waals surface area contributed by atoms with E-state index in [0.29, 0.717) is 5.56 Å². The minimum absolute atomic E-state index is 0.00211. The SMILES string of the molecule is CCN(C(=O)C(CS)NC(=O)OC(C)(C)C)C(C(=O)NCC(=O)OC)c1cc(C)ccc1C. The highest BCUT2D eigenvalue weighted by molar-refractivity contribution is 7.80. The van der Waals surface area contributed by atoms with Crippen LogP contribution in [0.1, 0.15) is 50.4 Å². The highest BCUT2D eigenvalue weighted by atomic mass is 32.1. The fraction of sp³-hybridized carbons (Fsp3) is 0.565. The molecule has 2 N–H and O–H groups in total. The third-order valence-electron chi connectivity index (χ3n) is 4.72. The number of aryl methyl sites for hydroxylation is 2. The van der Waals surface area contributed by atoms with Crippen LogP contribution in [0.4, 0.5) is 4.79 Å². The first-order valence-corrected chi connectivity index (χ1v) is 11.3. The molecular weight excluding hydrogens is 446 g/mol. The van der Waals surface area contributed by atoms with Gasteiger partial charge in [-0.3, -0.25) is 14.4 Å². The molecular formula is C23H35N3O6S. The number of rotatable bonds is 9. The van der Waals surface area contributed by atoms with Crippen molar-refractivity contribution in [2.75, 3.05) is 26.0 Å². The number of hydrogen-bond acceptors (Lipinski definition) is 7. The van der Waals surface area contributed by atoms with Gasteiger partial charge >= 0.3 is 12.1 Å². The predicted octanol–water partition coefficient (Wildman–Crippen LogP) is 2.31. The lowest BCUT2D eigenvalue weighted by molar-refractivity contribution is -0.144. The largest absolute Gasteiger partial charge is 0.468 e. The van der Waals surface area contributed by atoms with Crippen molar-refractivity contribution in [2.45, 2.75) is 59.2 Å². The molecule has 0 aliphatic rings. The number of nitrogens with one attached hydrogen (secondary N) is 2. The molecule has 10 heteroatoms. The average Bonchev–Trinajstić information content (AvgIpc) is 2.73. The molecule has 33 heavy (non-hydrogen) atoms. The number of methoxy groups -OCH3 is 1. The summed E-state index contributed by atoms with van der Waals surface area (Å²) in [4.78, 5) is 51.8. The van der Waals surface area contributed by atoms with Crippen LogP contribution >= 0.6 is 12.6 Å². The number of hydrogen-bond donors (Lipinski definition) is 3. The van der Waals surface area contributed by atoms with Crippen molar-refractivity contribution in [3.63, 3.8) is 0 Å². The van der Waals surface area contributed by atoms with E-state index >= 15 is 0 Å². The maximum atomic E-state index is 13.5. The Morgan fingerprint density at radius 1 is 1.15 bits per heavy atom. The normalized spacial score (nSPS) is 12.8. The van der Waals surface area contributed by atoms with E-state index in [1.165, 1.54) is 12.0 Å². The van der Waals surface area contributed by atoms with Crippen LogP contribution in [-0.4, -0.2) is 66.4 Å². The standard InChI is InChI=1S/C23H35N3O6S/c1-8-26(21(29)17(13-33)25-22(30)32-23(4,5)6)19(20(28)24-12-18(27)31-7)16-11-14(2)9-10-15(16)3/h9-11,17,19,33H,8,12-13H2,1-7H3,(H,24,28)(H,25,30). The fourth-order valence-electron chi connectivity index (χ4n) is 3.13. The maximum absolute atomic E-state index is 13.5. The smallest absolute Gasteiger partial charge is 0.408 e. The summed E-state index contributed by atoms with van der Waals surface area (Å²) < 4.78 is 9.85. The first kappa shape index (κ1) is 28.3. The molecule has 2 unspecified atom stereocenters. The number of nitrogens with zero attached hydrogens (tertiary/aromatic N) is 1. The van der Waals surface area contributed by atoms with E-state index in [2.05, 4.69) is 28.0 Å². The Morgan fingerprint density at radius 2 is 1.79 bits per heavy atom. The molecule has 0 saturated carbocycles. The van der Waals surface area contributed by atoms with Gasteiger partial charge in [-0.1, -0.05) is 23.8 Å². The molecule has 184 valence electrons. The van der Waals surface area contributed by atoms with Gasteiger partial charge in [0.05, 0.1) is 7.11 Å². The van der Waals surface area contributed by atoms with E-state index in [4.69, 9.17) is 4.74 Å². The molecule has 1 aromatic rings. The van der Waals surface area contributed by atoms with Crippen molar-refractivity contribution in [3.05, 3.63) is 34.9 Å². The summed E-state index contributed by atoms with van der Waals surface area (Å²) in [6, 6.07) is 3.53. The topological polar surface area (TPSA) is 114 Å². The van der Waals surface area contributed by atoms with Crippen molar-refractivity contribution in [2.24, 2.45) is 0 Å². The zero-order valence-electron chi connectivity index (χ0n) is 20.4. The minimum atomic E-state index is -1.03. The molecule has 0 heterocycles. The van der Waals surface area contributed by atoms with Crippen molar-refractivity contribution in [3.8, 4) is 0 Å². The summed E-state index contributed by atoms with van der Waals surface area (Å²) >= 11 is 4.22. The molecule has 1 rings (SSSR count). The molecule has 0 aliphatic heterocycles. The Labute approximate surface area is 201 Å². The number of benzene rings is 1. The van der Waals surface area contributed by atoms with E-state index in [0.717, 1.165) is 11.1 Å². The first-order valence-electron chi connectivity index (χ1n) is 10.7. The van der Waals surface area contributed by atoms with Crippen LogP contribution in [0, 0.1) is 13.8 Å². The van der Waals surface area contributed by atoms with Crippen LogP contribution in [0.5, 0.6) is 0 Å². The maximum Gasteiger partial charge on any atom is 0.408 e. The van der Waals surface area contributed by atoms with E-state index in [9.17, 15) is 19.2 Å². The Kier molecular flexibility index (Phi) is 10.7. The summed E-state index contributed by atoms with van der Waals surface area (Å²) in [6.07, 6.45) is -0.760. The molecule has 0 fully saturated rings. The summed E-state index contributed by atoms with van der Waals surface area (Å²) in [6.45, 7) is 10.4. The number of carbonyl (C=O) groups excluding carboxylic acids is 4. The molecule has 0 spiro atoms. The zero-order chi connectivity index (χ0) is 25.3. The van der Waals surface area contributed by atoms with Gasteiger partial charge in [0, 0.05) is 12.3 Å². The van der Waals surface area contributed by atoms with Gasteiger partial charge in [-0.2, -0.15) is 12.6 Å². The van der Waals surface area contributed by atoms with E-state index in [-0.39, 0.29) is 18.8 Å². The predicted molar refractivity (Wildman–Crippen MR) is 128 cm³/mol. The number of ether oxygens (including phenoxy) is 2. The second kappa shape index (κ2) is 12.5. The number of amides is 3. The molecule has 2 atom stereocenters. The van der Waals surface area contributed by atoms with Crippen molar-refractivity contribution in [1.29, 1.82) is 0 Å². The van der Waals surface area contributed by atoms with Gasteiger partial charge in [0.2, 0.25) is 11.8 Å². The van der Waals surface area contributed by atoms with Crippen molar-refractivity contribution < 1.29 is 28.7 Å². The molecule has 3 amide bonds. The van der Waals surface area contributed by atoms with Gasteiger partial charge in [-0.25, -0.2) is 4.79 Å². The van der Waals surface area contributed by atoms with Gasteiger partial charge in [-0.15, -0.1) is 0 Å². The summed E-state index contributed by atoms with van der Waals surface area (Å²) in [5.74, 6) is -1.66. The van der Waals surface area contributed by atoms with Crippen LogP contribution in [0.2, 0.25) is 0 Å². The number of esters is 1. The molecule has 0 radical (unpaired) electrons. The second-order valence-electron chi connectivity index (χ2n) is 8.56. The lowest BCUT2D eigenvalue weighted by Gasteiger charge is -2.34. The van der Waals surface area contributed by atoms with Gasteiger partial charge in [-0.05, 0) is 52.7 Å². The second-order valence-corrected chi connectivity index (χ2v) is 8.93. The van der Waals surface area contributed by atoms with E-state index in [1.807, 2.05) is 32.0 Å². The molecule has 0 saturated heterocycles. The summed E-state index contributed by atoms with van der Waals surface area (Å²) in [7, 11) is 1.22. The Balaban J connectivity index is 3.32. The van der Waals surface area contributed by atoms with Crippen LogP contribution in [0.25, 0.3) is 0 Å². The summed E-state index contributed by atoms with van der Waals surface area (Å²) in [5.41, 5.74) is 1.58. The Bertz CT molecular complexity index is 868. The molecule has 0 bridgehead atoms. The number of alkyl carbamates (subject to hydrolysis) is 1. The van der Waals surface area contributed by atoms with E-state index < -0.39 is 41.6 Å². The lowest BCUT2D eigenvalue weighted by Crippen LogP contribution is -2.54. The fourth-order valence-corrected chi connectivity index (χ4v) is 3.38. The van der Waals surface area contributed by atoms with Crippen LogP contribution < -0.4 is 10.6 Å². The Hall–Kier alpha value is -2.75. The monoisotopic (exact) mass is 481 g/mol. The summed E-state index contributed by atoms with van der Waals surface area (Å²) in [5, 5.41) is 5.07. The van der Waals surface area contributed by atoms with Crippen molar-refractivity contribution in [1.82, 2.24) is 15.5 Å². The average molecular weight is 482 g/mol. The van der Waals surface area contributed by atoms with Gasteiger partial charge < -0.3 is 25.0 Å². The quantitative estimate of drug-likeness (QED) is 0.368. The molecule has 1 aromatic carbocycles.